The second-order valence-corrected chi connectivity index (χ2v) is 8.59. The van der Waals surface area contributed by atoms with Crippen LogP contribution in [0.25, 0.3) is 11.4 Å². The molecule has 0 aliphatic carbocycles. The van der Waals surface area contributed by atoms with Gasteiger partial charge in [0.1, 0.15) is 5.82 Å². The molecule has 0 unspecified atom stereocenters. The number of nitrogens with zero attached hydrogens (tertiary/aromatic N) is 5. The number of nitrogens with one attached hydrogen (secondary N) is 1. The third kappa shape index (κ3) is 5.31. The highest BCUT2D eigenvalue weighted by Gasteiger charge is 2.23. The summed E-state index contributed by atoms with van der Waals surface area (Å²) in [5.74, 6) is 1.96. The van der Waals surface area contributed by atoms with E-state index in [1.165, 1.54) is 0 Å². The first kappa shape index (κ1) is 20.7. The van der Waals surface area contributed by atoms with Crippen molar-refractivity contribution in [2.75, 3.05) is 18.8 Å². The van der Waals surface area contributed by atoms with Gasteiger partial charge in [-0.05, 0) is 44.5 Å². The van der Waals surface area contributed by atoms with Crippen molar-refractivity contribution >= 4 is 11.8 Å². The van der Waals surface area contributed by atoms with Crippen LogP contribution in [-0.2, 0) is 6.54 Å². The van der Waals surface area contributed by atoms with E-state index in [0.29, 0.717) is 11.7 Å². The number of rotatable bonds is 7. The van der Waals surface area contributed by atoms with E-state index in [1.807, 2.05) is 24.5 Å². The van der Waals surface area contributed by atoms with Crippen LogP contribution in [0.3, 0.4) is 0 Å². The van der Waals surface area contributed by atoms with E-state index in [4.69, 9.17) is 4.98 Å². The number of H-pyrrole nitrogens is 1. The predicted molar refractivity (Wildman–Crippen MR) is 118 cm³/mol. The molecule has 1 aliphatic rings. The van der Waals surface area contributed by atoms with E-state index in [9.17, 15) is 4.79 Å². The topological polar surface area (TPSA) is 87.7 Å². The number of aromatic nitrogens is 5. The van der Waals surface area contributed by atoms with E-state index in [-0.39, 0.29) is 5.56 Å². The van der Waals surface area contributed by atoms with Crippen LogP contribution in [0.1, 0.15) is 43.4 Å². The molecule has 156 valence electrons. The average molecular weight is 423 g/mol. The van der Waals surface area contributed by atoms with Crippen molar-refractivity contribution in [3.63, 3.8) is 0 Å². The Kier molecular flexibility index (Phi) is 6.86. The Bertz CT molecular complexity index is 1000. The number of thioether (sulfide) groups is 1. The second kappa shape index (κ2) is 9.95. The lowest BCUT2D eigenvalue weighted by Crippen LogP contribution is -2.33. The minimum absolute atomic E-state index is 0.104. The zero-order valence-electron chi connectivity index (χ0n) is 17.1. The highest BCUT2D eigenvalue weighted by molar-refractivity contribution is 7.99. The van der Waals surface area contributed by atoms with Crippen LogP contribution in [0.2, 0.25) is 0 Å². The summed E-state index contributed by atoms with van der Waals surface area (Å²) in [4.78, 5) is 35.2. The molecule has 0 bridgehead atoms. The van der Waals surface area contributed by atoms with E-state index < -0.39 is 0 Å². The van der Waals surface area contributed by atoms with Crippen LogP contribution in [0.4, 0.5) is 0 Å². The number of aromatic amines is 1. The Hall–Kier alpha value is -2.58. The van der Waals surface area contributed by atoms with Gasteiger partial charge in [0.25, 0.3) is 5.56 Å². The highest BCUT2D eigenvalue weighted by Crippen LogP contribution is 2.28. The van der Waals surface area contributed by atoms with Crippen molar-refractivity contribution in [2.45, 2.75) is 43.8 Å². The van der Waals surface area contributed by atoms with E-state index in [0.717, 1.165) is 66.6 Å². The van der Waals surface area contributed by atoms with E-state index >= 15 is 0 Å². The maximum absolute atomic E-state index is 12.2. The van der Waals surface area contributed by atoms with Crippen molar-refractivity contribution in [3.8, 4) is 11.4 Å². The fraction of sp³-hybridized carbons (Fsp3) is 0.409. The molecule has 1 aliphatic heterocycles. The van der Waals surface area contributed by atoms with Crippen molar-refractivity contribution in [1.29, 1.82) is 0 Å². The summed E-state index contributed by atoms with van der Waals surface area (Å²) in [5.41, 5.74) is 2.80. The van der Waals surface area contributed by atoms with Gasteiger partial charge in [0.2, 0.25) is 0 Å². The van der Waals surface area contributed by atoms with Crippen LogP contribution in [0.15, 0.2) is 52.9 Å². The summed E-state index contributed by atoms with van der Waals surface area (Å²) in [6.07, 6.45) is 10.4. The van der Waals surface area contributed by atoms with Gasteiger partial charge in [0.15, 0.2) is 5.16 Å². The standard InChI is InChI=1S/C22H26N6OS/c1-2-11-30-22-24-13-16(14-25-22)15-28-9-5-17(6-10-28)19-12-20(29)27-21(26-19)18-3-7-23-8-4-18/h3-4,7-8,12-14,17H,2,5-6,9-11,15H2,1H3,(H,26,27,29). The number of piperidine rings is 1. The van der Waals surface area contributed by atoms with Gasteiger partial charge in [-0.3, -0.25) is 14.7 Å². The summed E-state index contributed by atoms with van der Waals surface area (Å²) < 4.78 is 0. The lowest BCUT2D eigenvalue weighted by molar-refractivity contribution is 0.202. The molecule has 0 atom stereocenters. The van der Waals surface area contributed by atoms with Gasteiger partial charge < -0.3 is 4.98 Å². The molecule has 30 heavy (non-hydrogen) atoms. The van der Waals surface area contributed by atoms with Gasteiger partial charge in [-0.25, -0.2) is 15.0 Å². The van der Waals surface area contributed by atoms with Crippen molar-refractivity contribution < 1.29 is 0 Å². The molecule has 0 radical (unpaired) electrons. The highest BCUT2D eigenvalue weighted by atomic mass is 32.2. The van der Waals surface area contributed by atoms with Crippen LogP contribution in [0, 0.1) is 0 Å². The van der Waals surface area contributed by atoms with Crippen LogP contribution in [0.5, 0.6) is 0 Å². The van der Waals surface area contributed by atoms with Crippen LogP contribution in [-0.4, -0.2) is 48.7 Å². The molecular formula is C22H26N6OS. The summed E-state index contributed by atoms with van der Waals surface area (Å²) in [6.45, 7) is 4.95. The quantitative estimate of drug-likeness (QED) is 0.460. The van der Waals surface area contributed by atoms with Gasteiger partial charge in [0, 0.05) is 60.2 Å². The van der Waals surface area contributed by atoms with Gasteiger partial charge >= 0.3 is 0 Å². The summed E-state index contributed by atoms with van der Waals surface area (Å²) in [7, 11) is 0. The Morgan fingerprint density at radius 2 is 1.90 bits per heavy atom. The molecular weight excluding hydrogens is 396 g/mol. The maximum Gasteiger partial charge on any atom is 0.251 e. The zero-order chi connectivity index (χ0) is 20.8. The molecule has 3 aromatic rings. The molecule has 0 amide bonds. The molecule has 0 saturated carbocycles. The SMILES string of the molecule is CCCSc1ncc(CN2CCC(c3cc(=O)[nH]c(-c4ccncc4)n3)CC2)cn1. The Labute approximate surface area is 180 Å². The third-order valence-electron chi connectivity index (χ3n) is 5.24. The van der Waals surface area contributed by atoms with Crippen LogP contribution >= 0.6 is 11.8 Å². The predicted octanol–water partition coefficient (Wildman–Crippen LogP) is 3.50. The minimum atomic E-state index is -0.104. The summed E-state index contributed by atoms with van der Waals surface area (Å²) in [5, 5.41) is 0.852. The number of pyridine rings is 1. The van der Waals surface area contributed by atoms with Crippen LogP contribution < -0.4 is 5.56 Å². The fourth-order valence-electron chi connectivity index (χ4n) is 3.67. The molecule has 4 rings (SSSR count). The van der Waals surface area contributed by atoms with Gasteiger partial charge in [-0.2, -0.15) is 0 Å². The fourth-order valence-corrected chi connectivity index (χ4v) is 4.31. The smallest absolute Gasteiger partial charge is 0.251 e. The monoisotopic (exact) mass is 422 g/mol. The number of hydrogen-bond donors (Lipinski definition) is 1. The normalized spacial score (nSPS) is 15.4. The Morgan fingerprint density at radius 3 is 2.60 bits per heavy atom. The van der Waals surface area contributed by atoms with Crippen molar-refractivity contribution in [3.05, 3.63) is 64.6 Å². The molecule has 7 nitrogen and oxygen atoms in total. The van der Waals surface area contributed by atoms with Gasteiger partial charge in [-0.1, -0.05) is 18.7 Å². The van der Waals surface area contributed by atoms with Gasteiger partial charge in [-0.15, -0.1) is 0 Å². The largest absolute Gasteiger partial charge is 0.307 e. The van der Waals surface area contributed by atoms with Gasteiger partial charge in [0.05, 0.1) is 5.69 Å². The first-order chi connectivity index (χ1) is 14.7. The average Bonchev–Trinajstić information content (AvgIpc) is 2.79. The number of hydrogen-bond acceptors (Lipinski definition) is 7. The number of likely N-dealkylation sites (tertiary alicyclic amines) is 1. The minimum Gasteiger partial charge on any atom is -0.307 e. The lowest BCUT2D eigenvalue weighted by Gasteiger charge is -2.31. The molecule has 4 heterocycles. The molecule has 0 aromatic carbocycles. The Morgan fingerprint density at radius 1 is 1.17 bits per heavy atom. The first-order valence-corrected chi connectivity index (χ1v) is 11.4. The molecule has 1 fully saturated rings. The van der Waals surface area contributed by atoms with Crippen molar-refractivity contribution in [2.24, 2.45) is 0 Å². The zero-order valence-corrected chi connectivity index (χ0v) is 17.9. The maximum atomic E-state index is 12.2. The van der Waals surface area contributed by atoms with E-state index in [1.54, 1.807) is 30.2 Å². The second-order valence-electron chi connectivity index (χ2n) is 7.53. The molecule has 8 heteroatoms. The Balaban J connectivity index is 1.37. The summed E-state index contributed by atoms with van der Waals surface area (Å²) in [6, 6.07) is 5.36. The van der Waals surface area contributed by atoms with E-state index in [2.05, 4.69) is 31.8 Å². The first-order valence-electron chi connectivity index (χ1n) is 10.4. The molecule has 1 N–H and O–H groups in total. The lowest BCUT2D eigenvalue weighted by atomic mass is 9.93. The summed E-state index contributed by atoms with van der Waals surface area (Å²) >= 11 is 1.70. The molecule has 3 aromatic heterocycles. The van der Waals surface area contributed by atoms with Crippen molar-refractivity contribution in [1.82, 2.24) is 29.8 Å². The third-order valence-corrected chi connectivity index (χ3v) is 6.33. The molecule has 1 saturated heterocycles. The molecule has 0 spiro atoms.